The number of aliphatic hydroxyl groups is 4. The largest absolute Gasteiger partial charge is 0.493 e. The molecule has 1 fully saturated rings. The lowest BCUT2D eigenvalue weighted by atomic mass is 9.99. The van der Waals surface area contributed by atoms with Crippen LogP contribution in [0, 0.1) is 0 Å². The van der Waals surface area contributed by atoms with E-state index in [0.717, 1.165) is 0 Å². The van der Waals surface area contributed by atoms with E-state index in [2.05, 4.69) is 0 Å². The van der Waals surface area contributed by atoms with E-state index in [0.29, 0.717) is 17.2 Å². The van der Waals surface area contributed by atoms with Gasteiger partial charge in [-0.25, -0.2) is 0 Å². The molecule has 1 aliphatic rings. The molecule has 0 radical (unpaired) electrons. The molecule has 5 atom stereocenters. The van der Waals surface area contributed by atoms with Crippen molar-refractivity contribution in [2.75, 3.05) is 27.9 Å². The van der Waals surface area contributed by atoms with E-state index in [9.17, 15) is 20.4 Å². The fourth-order valence-electron chi connectivity index (χ4n) is 2.42. The topological polar surface area (TPSA) is 127 Å². The Labute approximate surface area is 138 Å². The van der Waals surface area contributed by atoms with Gasteiger partial charge in [0.2, 0.25) is 12.0 Å². The normalized spacial score (nSPS) is 29.9. The average Bonchev–Trinajstić information content (AvgIpc) is 2.61. The molecule has 0 spiro atoms. The predicted molar refractivity (Wildman–Crippen MR) is 80.5 cm³/mol. The van der Waals surface area contributed by atoms with Gasteiger partial charge >= 0.3 is 0 Å². The van der Waals surface area contributed by atoms with E-state index in [-0.39, 0.29) is 5.75 Å². The SMILES string of the molecule is COc1cc(OC2OC(CO)C(O)[C@H](O)[C@H]2O)cc(OC)c1OC. The third kappa shape index (κ3) is 3.50. The second-order valence-electron chi connectivity index (χ2n) is 5.18. The van der Waals surface area contributed by atoms with E-state index in [4.69, 9.17) is 23.7 Å². The number of aliphatic hydroxyl groups excluding tert-OH is 4. The lowest BCUT2D eigenvalue weighted by molar-refractivity contribution is -0.277. The Morgan fingerprint density at radius 1 is 0.917 bits per heavy atom. The summed E-state index contributed by atoms with van der Waals surface area (Å²) in [5, 5.41) is 38.8. The molecule has 0 saturated carbocycles. The summed E-state index contributed by atoms with van der Waals surface area (Å²) in [7, 11) is 4.34. The zero-order valence-electron chi connectivity index (χ0n) is 13.6. The van der Waals surface area contributed by atoms with Gasteiger partial charge in [-0.1, -0.05) is 0 Å². The molecule has 1 saturated heterocycles. The third-order valence-corrected chi connectivity index (χ3v) is 3.74. The zero-order chi connectivity index (χ0) is 17.9. The first-order valence-electron chi connectivity index (χ1n) is 7.24. The van der Waals surface area contributed by atoms with Gasteiger partial charge in [-0.3, -0.25) is 0 Å². The van der Waals surface area contributed by atoms with Crippen molar-refractivity contribution < 1.29 is 44.1 Å². The number of benzene rings is 1. The van der Waals surface area contributed by atoms with Gasteiger partial charge in [-0.15, -0.1) is 0 Å². The number of hydrogen-bond donors (Lipinski definition) is 4. The van der Waals surface area contributed by atoms with Crippen molar-refractivity contribution in [3.8, 4) is 23.0 Å². The molecule has 1 heterocycles. The van der Waals surface area contributed by atoms with Crippen molar-refractivity contribution in [1.29, 1.82) is 0 Å². The van der Waals surface area contributed by atoms with E-state index < -0.39 is 37.3 Å². The molecular formula is C15H22O9. The van der Waals surface area contributed by atoms with Gasteiger partial charge in [0.15, 0.2) is 11.5 Å². The molecule has 0 bridgehead atoms. The Balaban J connectivity index is 2.26. The maximum Gasteiger partial charge on any atom is 0.229 e. The molecular weight excluding hydrogens is 324 g/mol. The Bertz CT molecular complexity index is 523. The summed E-state index contributed by atoms with van der Waals surface area (Å²) in [5.41, 5.74) is 0. The van der Waals surface area contributed by atoms with E-state index in [1.54, 1.807) is 0 Å². The standard InChI is InChI=1S/C15H22O9/c1-20-8-4-7(5-9(21-2)14(8)22-3)23-15-13(19)12(18)11(17)10(6-16)24-15/h4-5,10-13,15-19H,6H2,1-3H3/t10?,11?,12-,13+,15?/m0/s1. The number of rotatable bonds is 6. The molecule has 0 amide bonds. The fraction of sp³-hybridized carbons (Fsp3) is 0.600. The quantitative estimate of drug-likeness (QED) is 0.507. The second kappa shape index (κ2) is 7.86. The summed E-state index contributed by atoms with van der Waals surface area (Å²) >= 11 is 0. The third-order valence-electron chi connectivity index (χ3n) is 3.74. The van der Waals surface area contributed by atoms with Crippen molar-refractivity contribution in [3.05, 3.63) is 12.1 Å². The van der Waals surface area contributed by atoms with E-state index in [1.807, 2.05) is 0 Å². The lowest BCUT2D eigenvalue weighted by Gasteiger charge is -2.39. The minimum absolute atomic E-state index is 0.217. The van der Waals surface area contributed by atoms with Crippen LogP contribution in [0.15, 0.2) is 12.1 Å². The summed E-state index contributed by atoms with van der Waals surface area (Å²) in [6.07, 6.45) is -6.85. The van der Waals surface area contributed by atoms with E-state index in [1.165, 1.54) is 33.5 Å². The van der Waals surface area contributed by atoms with Crippen LogP contribution in [0.4, 0.5) is 0 Å². The van der Waals surface area contributed by atoms with Gasteiger partial charge < -0.3 is 44.1 Å². The van der Waals surface area contributed by atoms with Crippen molar-refractivity contribution in [2.24, 2.45) is 0 Å². The van der Waals surface area contributed by atoms with Crippen LogP contribution in [0.5, 0.6) is 23.0 Å². The summed E-state index contributed by atoms with van der Waals surface area (Å²) in [4.78, 5) is 0. The van der Waals surface area contributed by atoms with Crippen LogP contribution >= 0.6 is 0 Å². The zero-order valence-corrected chi connectivity index (χ0v) is 13.6. The maximum absolute atomic E-state index is 10.0. The first kappa shape index (κ1) is 18.6. The minimum Gasteiger partial charge on any atom is -0.493 e. The van der Waals surface area contributed by atoms with Crippen LogP contribution in [0.3, 0.4) is 0 Å². The fourth-order valence-corrected chi connectivity index (χ4v) is 2.42. The van der Waals surface area contributed by atoms with Crippen LogP contribution < -0.4 is 18.9 Å². The van der Waals surface area contributed by atoms with Crippen molar-refractivity contribution in [1.82, 2.24) is 0 Å². The Hall–Kier alpha value is -1.78. The summed E-state index contributed by atoms with van der Waals surface area (Å²) < 4.78 is 26.4. The monoisotopic (exact) mass is 346 g/mol. The number of hydrogen-bond acceptors (Lipinski definition) is 9. The van der Waals surface area contributed by atoms with E-state index >= 15 is 0 Å². The molecule has 2 rings (SSSR count). The molecule has 1 aromatic rings. The summed E-state index contributed by atoms with van der Waals surface area (Å²) in [6, 6.07) is 2.98. The van der Waals surface area contributed by atoms with Gasteiger partial charge in [-0.05, 0) is 0 Å². The number of ether oxygens (including phenoxy) is 5. The molecule has 4 N–H and O–H groups in total. The molecule has 24 heavy (non-hydrogen) atoms. The molecule has 136 valence electrons. The molecule has 1 aliphatic heterocycles. The highest BCUT2D eigenvalue weighted by molar-refractivity contribution is 5.55. The van der Waals surface area contributed by atoms with Crippen molar-refractivity contribution in [3.63, 3.8) is 0 Å². The maximum atomic E-state index is 10.0. The highest BCUT2D eigenvalue weighted by Gasteiger charge is 2.44. The molecule has 0 aliphatic carbocycles. The van der Waals surface area contributed by atoms with Crippen LogP contribution in [0.2, 0.25) is 0 Å². The average molecular weight is 346 g/mol. The highest BCUT2D eigenvalue weighted by Crippen LogP contribution is 2.41. The molecule has 9 nitrogen and oxygen atoms in total. The minimum atomic E-state index is -1.53. The smallest absolute Gasteiger partial charge is 0.229 e. The van der Waals surface area contributed by atoms with Crippen LogP contribution in [0.1, 0.15) is 0 Å². The Morgan fingerprint density at radius 3 is 1.96 bits per heavy atom. The van der Waals surface area contributed by atoms with Crippen molar-refractivity contribution >= 4 is 0 Å². The van der Waals surface area contributed by atoms with Crippen LogP contribution in [0.25, 0.3) is 0 Å². The van der Waals surface area contributed by atoms with Gasteiger partial charge in [-0.2, -0.15) is 0 Å². The second-order valence-corrected chi connectivity index (χ2v) is 5.18. The first-order valence-corrected chi connectivity index (χ1v) is 7.24. The van der Waals surface area contributed by atoms with Gasteiger partial charge in [0, 0.05) is 12.1 Å². The lowest BCUT2D eigenvalue weighted by Crippen LogP contribution is -2.60. The van der Waals surface area contributed by atoms with Crippen molar-refractivity contribution in [2.45, 2.75) is 30.7 Å². The van der Waals surface area contributed by atoms with Gasteiger partial charge in [0.25, 0.3) is 0 Å². The van der Waals surface area contributed by atoms with Crippen LogP contribution in [-0.4, -0.2) is 79.1 Å². The highest BCUT2D eigenvalue weighted by atomic mass is 16.7. The Kier molecular flexibility index (Phi) is 6.08. The first-order chi connectivity index (χ1) is 11.5. The molecule has 1 aromatic carbocycles. The number of methoxy groups -OCH3 is 3. The summed E-state index contributed by atoms with van der Waals surface area (Å²) in [6.45, 7) is -0.542. The Morgan fingerprint density at radius 2 is 1.50 bits per heavy atom. The van der Waals surface area contributed by atoms with Gasteiger partial charge in [0.05, 0.1) is 27.9 Å². The molecule has 3 unspecified atom stereocenters. The van der Waals surface area contributed by atoms with Crippen LogP contribution in [-0.2, 0) is 4.74 Å². The molecule has 9 heteroatoms. The van der Waals surface area contributed by atoms with Gasteiger partial charge in [0.1, 0.15) is 30.2 Å². The summed E-state index contributed by atoms with van der Waals surface area (Å²) in [5.74, 6) is 1.24. The molecule has 0 aromatic heterocycles. The predicted octanol–water partition coefficient (Wildman–Crippen LogP) is -1.11.